The Balaban J connectivity index is 1.43. The van der Waals surface area contributed by atoms with Crippen LogP contribution in [0.5, 0.6) is 0 Å². The smallest absolute Gasteiger partial charge is 0.227 e. The molecule has 0 spiro atoms. The molecule has 0 saturated heterocycles. The molecule has 1 aromatic carbocycles. The monoisotopic (exact) mass is 493 g/mol. The maximum Gasteiger partial charge on any atom is 0.227 e. The van der Waals surface area contributed by atoms with E-state index in [0.717, 1.165) is 33.1 Å². The summed E-state index contributed by atoms with van der Waals surface area (Å²) >= 11 is 1.35. The van der Waals surface area contributed by atoms with Crippen molar-refractivity contribution in [2.45, 2.75) is 52.5 Å². The number of nitrogens with one attached hydrogen (secondary N) is 2. The summed E-state index contributed by atoms with van der Waals surface area (Å²) in [5.41, 5.74) is 5.47. The van der Waals surface area contributed by atoms with E-state index in [-0.39, 0.29) is 5.41 Å². The Morgan fingerprint density at radius 1 is 1.11 bits per heavy atom. The highest BCUT2D eigenvalue weighted by atomic mass is 32.1. The lowest BCUT2D eigenvalue weighted by Gasteiger charge is -2.13. The molecule has 0 atom stereocenters. The van der Waals surface area contributed by atoms with Gasteiger partial charge in [0.2, 0.25) is 5.95 Å². The Bertz CT molecular complexity index is 1310. The Kier molecular flexibility index (Phi) is 7.27. The Labute approximate surface area is 208 Å². The Hall–Kier alpha value is -3.18. The third kappa shape index (κ3) is 6.09. The second kappa shape index (κ2) is 10.2. The molecule has 184 valence electrons. The molecule has 3 heterocycles. The first-order chi connectivity index (χ1) is 16.6. The number of aliphatic hydroxyl groups is 2. The molecule has 10 heteroatoms. The molecule has 4 aromatic rings. The fraction of sp³-hybridized carbons (Fsp3) is 0.360. The molecule has 9 nitrogen and oxygen atoms in total. The van der Waals surface area contributed by atoms with Crippen molar-refractivity contribution in [1.29, 1.82) is 0 Å². The number of aromatic nitrogens is 5. The molecule has 3 aromatic heterocycles. The lowest BCUT2D eigenvalue weighted by atomic mass is 9.98. The Morgan fingerprint density at radius 3 is 2.57 bits per heavy atom. The molecule has 0 aliphatic heterocycles. The lowest BCUT2D eigenvalue weighted by Crippen LogP contribution is -2.16. The summed E-state index contributed by atoms with van der Waals surface area (Å²) in [7, 11) is 1.86. The second-order valence-corrected chi connectivity index (χ2v) is 10.5. The maximum absolute atomic E-state index is 9.77. The highest BCUT2D eigenvalue weighted by molar-refractivity contribution is 7.12. The molecule has 0 aliphatic rings. The van der Waals surface area contributed by atoms with Crippen molar-refractivity contribution in [3.8, 4) is 11.3 Å². The number of hydrogen-bond donors (Lipinski definition) is 4. The van der Waals surface area contributed by atoms with Gasteiger partial charge in [0.15, 0.2) is 6.29 Å². The van der Waals surface area contributed by atoms with Gasteiger partial charge < -0.3 is 20.8 Å². The molecule has 0 fully saturated rings. The van der Waals surface area contributed by atoms with Crippen LogP contribution in [0.15, 0.2) is 42.9 Å². The first-order valence-corrected chi connectivity index (χ1v) is 12.2. The van der Waals surface area contributed by atoms with E-state index in [0.29, 0.717) is 29.6 Å². The van der Waals surface area contributed by atoms with Crippen LogP contribution in [0.25, 0.3) is 11.3 Å². The zero-order chi connectivity index (χ0) is 25.2. The van der Waals surface area contributed by atoms with Crippen LogP contribution in [0, 0.1) is 6.92 Å². The third-order valence-corrected chi connectivity index (χ3v) is 7.03. The summed E-state index contributed by atoms with van der Waals surface area (Å²) < 4.78 is 1.72. The van der Waals surface area contributed by atoms with E-state index < -0.39 is 6.29 Å². The molecule has 0 amide bonds. The van der Waals surface area contributed by atoms with Crippen LogP contribution in [0.4, 0.5) is 11.6 Å². The van der Waals surface area contributed by atoms with Gasteiger partial charge in [-0.2, -0.15) is 5.10 Å². The van der Waals surface area contributed by atoms with Crippen LogP contribution in [-0.4, -0.2) is 34.9 Å². The third-order valence-electron chi connectivity index (χ3n) is 5.47. The van der Waals surface area contributed by atoms with Crippen molar-refractivity contribution in [3.63, 3.8) is 0 Å². The molecular formula is C25H31N7O2S. The van der Waals surface area contributed by atoms with E-state index >= 15 is 0 Å². The lowest BCUT2D eigenvalue weighted by molar-refractivity contribution is -0.0403. The van der Waals surface area contributed by atoms with Gasteiger partial charge in [-0.25, -0.2) is 15.0 Å². The molecular weight excluding hydrogens is 462 g/mol. The van der Waals surface area contributed by atoms with E-state index in [1.54, 1.807) is 17.1 Å². The highest BCUT2D eigenvalue weighted by Crippen LogP contribution is 2.32. The highest BCUT2D eigenvalue weighted by Gasteiger charge is 2.23. The molecule has 35 heavy (non-hydrogen) atoms. The van der Waals surface area contributed by atoms with Gasteiger partial charge in [-0.1, -0.05) is 32.9 Å². The predicted molar refractivity (Wildman–Crippen MR) is 137 cm³/mol. The molecule has 0 unspecified atom stereocenters. The summed E-state index contributed by atoms with van der Waals surface area (Å²) in [6.07, 6.45) is 3.80. The first kappa shape index (κ1) is 24.9. The van der Waals surface area contributed by atoms with E-state index in [2.05, 4.69) is 70.5 Å². The standard InChI is InChI=1S/C25H31N7O2S/c1-15-10-16(19-8-9-27-24(31-19)29-18-12-28-32(5)14-18)6-7-17(15)11-26-13-20-21(22(33)34)35-23(30-20)25(2,3)4/h6-10,12,14,22,26,33-34H,11,13H2,1-5H3,(H,27,29,31). The van der Waals surface area contributed by atoms with Gasteiger partial charge >= 0.3 is 0 Å². The minimum Gasteiger partial charge on any atom is -0.364 e. The Morgan fingerprint density at radius 2 is 1.91 bits per heavy atom. The molecule has 0 saturated carbocycles. The van der Waals surface area contributed by atoms with Crippen LogP contribution in [0.2, 0.25) is 0 Å². The number of benzene rings is 1. The normalized spacial score (nSPS) is 11.9. The van der Waals surface area contributed by atoms with Crippen molar-refractivity contribution in [3.05, 3.63) is 69.6 Å². The van der Waals surface area contributed by atoms with Gasteiger partial charge in [-0.3, -0.25) is 4.68 Å². The number of aryl methyl sites for hydroxylation is 2. The van der Waals surface area contributed by atoms with E-state index in [9.17, 15) is 10.2 Å². The fourth-order valence-corrected chi connectivity index (χ4v) is 4.59. The quantitative estimate of drug-likeness (QED) is 0.272. The van der Waals surface area contributed by atoms with Crippen molar-refractivity contribution in [1.82, 2.24) is 30.0 Å². The number of hydrogen-bond acceptors (Lipinski definition) is 9. The second-order valence-electron chi connectivity index (χ2n) is 9.49. The number of aliphatic hydroxyl groups excluding tert-OH is 1. The average molecular weight is 494 g/mol. The first-order valence-electron chi connectivity index (χ1n) is 11.4. The van der Waals surface area contributed by atoms with E-state index in [1.165, 1.54) is 11.3 Å². The van der Waals surface area contributed by atoms with Crippen molar-refractivity contribution >= 4 is 23.0 Å². The molecule has 4 N–H and O–H groups in total. The minimum atomic E-state index is -1.52. The number of rotatable bonds is 8. The fourth-order valence-electron chi connectivity index (χ4n) is 3.58. The van der Waals surface area contributed by atoms with Crippen LogP contribution in [-0.2, 0) is 25.6 Å². The van der Waals surface area contributed by atoms with Gasteiger partial charge in [0, 0.05) is 43.5 Å². The number of thiazole rings is 1. The van der Waals surface area contributed by atoms with Crippen LogP contribution in [0.1, 0.15) is 53.8 Å². The SMILES string of the molecule is Cc1cc(-c2ccnc(Nc3cnn(C)c3)n2)ccc1CNCc1nc(C(C)(C)C)sc1C(O)O. The number of nitrogens with zero attached hydrogens (tertiary/aromatic N) is 5. The van der Waals surface area contributed by atoms with Gasteiger partial charge in [-0.15, -0.1) is 11.3 Å². The van der Waals surface area contributed by atoms with Crippen molar-refractivity contribution < 1.29 is 10.2 Å². The number of anilines is 2. The largest absolute Gasteiger partial charge is 0.364 e. The van der Waals surface area contributed by atoms with Gasteiger partial charge in [0.05, 0.1) is 33.2 Å². The molecule has 0 aliphatic carbocycles. The van der Waals surface area contributed by atoms with Crippen LogP contribution < -0.4 is 10.6 Å². The van der Waals surface area contributed by atoms with Crippen LogP contribution in [0.3, 0.4) is 0 Å². The van der Waals surface area contributed by atoms with E-state index in [1.807, 2.05) is 25.4 Å². The summed E-state index contributed by atoms with van der Waals surface area (Å²) in [4.78, 5) is 14.1. The summed E-state index contributed by atoms with van der Waals surface area (Å²) in [5, 5.41) is 31.1. The van der Waals surface area contributed by atoms with E-state index in [4.69, 9.17) is 0 Å². The predicted octanol–water partition coefficient (Wildman–Crippen LogP) is 3.96. The summed E-state index contributed by atoms with van der Waals surface area (Å²) in [6.45, 7) is 9.36. The topological polar surface area (TPSA) is 121 Å². The van der Waals surface area contributed by atoms with Crippen LogP contribution >= 0.6 is 11.3 Å². The van der Waals surface area contributed by atoms with Crippen molar-refractivity contribution in [2.75, 3.05) is 5.32 Å². The molecule has 4 rings (SSSR count). The minimum absolute atomic E-state index is 0.145. The molecule has 0 bridgehead atoms. The molecule has 0 radical (unpaired) electrons. The van der Waals surface area contributed by atoms with Crippen molar-refractivity contribution in [2.24, 2.45) is 7.05 Å². The zero-order valence-corrected chi connectivity index (χ0v) is 21.4. The zero-order valence-electron chi connectivity index (χ0n) is 20.6. The summed E-state index contributed by atoms with van der Waals surface area (Å²) in [5.74, 6) is 0.513. The summed E-state index contributed by atoms with van der Waals surface area (Å²) in [6, 6.07) is 8.12. The van der Waals surface area contributed by atoms with Gasteiger partial charge in [0.25, 0.3) is 0 Å². The van der Waals surface area contributed by atoms with Gasteiger partial charge in [-0.05, 0) is 30.2 Å². The maximum atomic E-state index is 9.77. The average Bonchev–Trinajstić information content (AvgIpc) is 3.41. The van der Waals surface area contributed by atoms with Gasteiger partial charge in [0.1, 0.15) is 0 Å².